The Bertz CT molecular complexity index is 1180. The summed E-state index contributed by atoms with van der Waals surface area (Å²) in [5, 5.41) is 4.38. The van der Waals surface area contributed by atoms with Crippen LogP contribution in [-0.4, -0.2) is 25.0 Å². The molecule has 0 fully saturated rings. The topological polar surface area (TPSA) is 98.8 Å². The molecular formula is C22H25NO6. The second-order valence-electron chi connectivity index (χ2n) is 7.34. The van der Waals surface area contributed by atoms with Gasteiger partial charge in [0.2, 0.25) is 5.91 Å². The number of fused-ring (bicyclic) bond motifs is 2. The molecule has 2 aromatic heterocycles. The summed E-state index contributed by atoms with van der Waals surface area (Å²) in [7, 11) is 1.26. The van der Waals surface area contributed by atoms with E-state index in [9.17, 15) is 14.4 Å². The largest absolute Gasteiger partial charge is 0.467 e. The number of ether oxygens (including phenoxy) is 1. The molecule has 3 aromatic rings. The van der Waals surface area contributed by atoms with Gasteiger partial charge in [-0.05, 0) is 58.2 Å². The van der Waals surface area contributed by atoms with Crippen LogP contribution < -0.4 is 10.9 Å². The first kappa shape index (κ1) is 20.6. The van der Waals surface area contributed by atoms with Crippen LogP contribution in [0.1, 0.15) is 41.4 Å². The Labute approximate surface area is 168 Å². The maximum Gasteiger partial charge on any atom is 0.339 e. The number of carbonyl (C=O) groups is 2. The zero-order valence-corrected chi connectivity index (χ0v) is 17.5. The van der Waals surface area contributed by atoms with E-state index in [0.29, 0.717) is 11.1 Å². The molecule has 1 N–H and O–H groups in total. The highest BCUT2D eigenvalue weighted by Crippen LogP contribution is 2.34. The third-order valence-electron chi connectivity index (χ3n) is 5.48. The van der Waals surface area contributed by atoms with Crippen molar-refractivity contribution in [3.8, 4) is 0 Å². The highest BCUT2D eigenvalue weighted by atomic mass is 16.5. The van der Waals surface area contributed by atoms with E-state index in [2.05, 4.69) is 10.1 Å². The predicted molar refractivity (Wildman–Crippen MR) is 109 cm³/mol. The summed E-state index contributed by atoms with van der Waals surface area (Å²) >= 11 is 0. The van der Waals surface area contributed by atoms with Gasteiger partial charge >= 0.3 is 11.6 Å². The molecule has 154 valence electrons. The minimum Gasteiger partial charge on any atom is -0.467 e. The standard InChI is InChI=1S/C22H25NO6/c1-10-14(5)28-19-12(3)20-17(9-16(10)19)11(2)15(22(26)29-20)7-8-18(24)23-13(4)21(25)27-6/h9,13H,7-8H2,1-6H3,(H,23,24). The molecule has 0 bridgehead atoms. The molecule has 1 atom stereocenters. The molecule has 0 radical (unpaired) electrons. The van der Waals surface area contributed by atoms with Gasteiger partial charge < -0.3 is 18.9 Å². The lowest BCUT2D eigenvalue weighted by Gasteiger charge is -2.12. The predicted octanol–water partition coefficient (Wildman–Crippen LogP) is 3.38. The number of benzene rings is 1. The monoisotopic (exact) mass is 399 g/mol. The molecule has 1 amide bonds. The van der Waals surface area contributed by atoms with Gasteiger partial charge in [0.05, 0.1) is 7.11 Å². The fourth-order valence-corrected chi connectivity index (χ4v) is 3.57. The molecule has 7 heteroatoms. The molecule has 3 rings (SSSR count). The van der Waals surface area contributed by atoms with Gasteiger partial charge in [-0.1, -0.05) is 0 Å². The summed E-state index contributed by atoms with van der Waals surface area (Å²) in [6.45, 7) is 9.17. The van der Waals surface area contributed by atoms with E-state index >= 15 is 0 Å². The SMILES string of the molecule is COC(=O)C(C)NC(=O)CCc1c(C)c2cc3c(C)c(C)oc3c(C)c2oc1=O. The van der Waals surface area contributed by atoms with Gasteiger partial charge in [-0.2, -0.15) is 0 Å². The van der Waals surface area contributed by atoms with Crippen molar-refractivity contribution < 1.29 is 23.2 Å². The van der Waals surface area contributed by atoms with Crippen LogP contribution in [-0.2, 0) is 20.7 Å². The average molecular weight is 399 g/mol. The van der Waals surface area contributed by atoms with E-state index in [-0.39, 0.29) is 18.7 Å². The van der Waals surface area contributed by atoms with Crippen molar-refractivity contribution in [3.05, 3.63) is 44.5 Å². The number of rotatable bonds is 5. The highest BCUT2D eigenvalue weighted by molar-refractivity contribution is 6.00. The molecule has 0 aliphatic carbocycles. The summed E-state index contributed by atoms with van der Waals surface area (Å²) in [4.78, 5) is 36.2. The Morgan fingerprint density at radius 3 is 2.31 bits per heavy atom. The Balaban J connectivity index is 1.96. The van der Waals surface area contributed by atoms with Gasteiger partial charge in [0.25, 0.3) is 0 Å². The van der Waals surface area contributed by atoms with E-state index in [4.69, 9.17) is 8.83 Å². The van der Waals surface area contributed by atoms with E-state index in [1.165, 1.54) is 7.11 Å². The zero-order chi connectivity index (χ0) is 21.5. The maximum absolute atomic E-state index is 12.6. The molecule has 0 spiro atoms. The van der Waals surface area contributed by atoms with Crippen molar-refractivity contribution in [2.24, 2.45) is 0 Å². The number of aryl methyl sites for hydroxylation is 4. The van der Waals surface area contributed by atoms with Gasteiger partial charge in [0.15, 0.2) is 0 Å². The first-order valence-electron chi connectivity index (χ1n) is 9.48. The third kappa shape index (κ3) is 3.64. The number of esters is 1. The minimum atomic E-state index is -0.746. The molecule has 1 aromatic carbocycles. The second kappa shape index (κ2) is 7.73. The van der Waals surface area contributed by atoms with E-state index in [1.807, 2.05) is 33.8 Å². The lowest BCUT2D eigenvalue weighted by molar-refractivity contribution is -0.144. The van der Waals surface area contributed by atoms with Gasteiger partial charge in [-0.15, -0.1) is 0 Å². The molecule has 0 aliphatic heterocycles. The van der Waals surface area contributed by atoms with Gasteiger partial charge in [0.1, 0.15) is 23.0 Å². The molecule has 29 heavy (non-hydrogen) atoms. The smallest absolute Gasteiger partial charge is 0.339 e. The Morgan fingerprint density at radius 2 is 1.66 bits per heavy atom. The third-order valence-corrected chi connectivity index (χ3v) is 5.48. The lowest BCUT2D eigenvalue weighted by atomic mass is 9.98. The van der Waals surface area contributed by atoms with Crippen molar-refractivity contribution in [2.45, 2.75) is 53.5 Å². The fourth-order valence-electron chi connectivity index (χ4n) is 3.57. The Kier molecular flexibility index (Phi) is 5.50. The zero-order valence-electron chi connectivity index (χ0n) is 17.5. The van der Waals surface area contributed by atoms with Crippen molar-refractivity contribution in [1.29, 1.82) is 0 Å². The maximum atomic E-state index is 12.6. The van der Waals surface area contributed by atoms with Gasteiger partial charge in [0, 0.05) is 28.3 Å². The van der Waals surface area contributed by atoms with E-state index < -0.39 is 17.6 Å². The van der Waals surface area contributed by atoms with Crippen molar-refractivity contribution in [2.75, 3.05) is 7.11 Å². The normalized spacial score (nSPS) is 12.3. The number of carbonyl (C=O) groups excluding carboxylic acids is 2. The van der Waals surface area contributed by atoms with Gasteiger partial charge in [-0.25, -0.2) is 9.59 Å². The quantitative estimate of drug-likeness (QED) is 0.522. The van der Waals surface area contributed by atoms with Crippen molar-refractivity contribution >= 4 is 33.8 Å². The van der Waals surface area contributed by atoms with Crippen LogP contribution in [0.15, 0.2) is 19.7 Å². The number of methoxy groups -OCH3 is 1. The summed E-state index contributed by atoms with van der Waals surface area (Å²) in [5.41, 5.74) is 3.83. The van der Waals surface area contributed by atoms with Crippen LogP contribution in [0.2, 0.25) is 0 Å². The lowest BCUT2D eigenvalue weighted by Crippen LogP contribution is -2.39. The molecule has 0 aliphatic rings. The molecular weight excluding hydrogens is 374 g/mol. The van der Waals surface area contributed by atoms with Gasteiger partial charge in [-0.3, -0.25) is 4.79 Å². The number of amides is 1. The molecule has 0 saturated heterocycles. The fraction of sp³-hybridized carbons (Fsp3) is 0.409. The number of hydrogen-bond acceptors (Lipinski definition) is 6. The molecule has 0 saturated carbocycles. The second-order valence-corrected chi connectivity index (χ2v) is 7.34. The molecule has 2 heterocycles. The number of furan rings is 1. The van der Waals surface area contributed by atoms with Crippen LogP contribution in [0, 0.1) is 27.7 Å². The summed E-state index contributed by atoms with van der Waals surface area (Å²) in [5.74, 6) is -0.0326. The summed E-state index contributed by atoms with van der Waals surface area (Å²) in [6.07, 6.45) is 0.272. The number of hydrogen-bond donors (Lipinski definition) is 1. The average Bonchev–Trinajstić information content (AvgIpc) is 2.96. The van der Waals surface area contributed by atoms with Crippen LogP contribution in [0.4, 0.5) is 0 Å². The van der Waals surface area contributed by atoms with Crippen LogP contribution in [0.25, 0.3) is 21.9 Å². The number of nitrogens with one attached hydrogen (secondary N) is 1. The molecule has 7 nitrogen and oxygen atoms in total. The van der Waals surface area contributed by atoms with Crippen molar-refractivity contribution in [3.63, 3.8) is 0 Å². The summed E-state index contributed by atoms with van der Waals surface area (Å²) < 4.78 is 16.0. The van der Waals surface area contributed by atoms with Crippen LogP contribution in [0.3, 0.4) is 0 Å². The Hall–Kier alpha value is -3.09. The van der Waals surface area contributed by atoms with Crippen molar-refractivity contribution in [1.82, 2.24) is 5.32 Å². The first-order chi connectivity index (χ1) is 13.6. The minimum absolute atomic E-state index is 0.0590. The van der Waals surface area contributed by atoms with Crippen LogP contribution in [0.5, 0.6) is 0 Å². The first-order valence-corrected chi connectivity index (χ1v) is 9.48. The molecule has 1 unspecified atom stereocenters. The van der Waals surface area contributed by atoms with Crippen LogP contribution >= 0.6 is 0 Å². The Morgan fingerprint density at radius 1 is 1.03 bits per heavy atom. The van der Waals surface area contributed by atoms with E-state index in [0.717, 1.165) is 38.8 Å². The highest BCUT2D eigenvalue weighted by Gasteiger charge is 2.20. The van der Waals surface area contributed by atoms with E-state index in [1.54, 1.807) is 6.92 Å². The summed E-state index contributed by atoms with van der Waals surface area (Å²) in [6, 6.07) is 1.23.